The molecule has 0 amide bonds. The first-order valence-corrected chi connectivity index (χ1v) is 9.81. The van der Waals surface area contributed by atoms with Gasteiger partial charge in [0.1, 0.15) is 23.3 Å². The molecule has 0 N–H and O–H groups in total. The van der Waals surface area contributed by atoms with Crippen LogP contribution in [0.4, 0.5) is 8.78 Å². The van der Waals surface area contributed by atoms with Crippen molar-refractivity contribution in [2.45, 2.75) is 18.9 Å². The predicted octanol–water partition coefficient (Wildman–Crippen LogP) is 2.08. The minimum absolute atomic E-state index is 0.256. The van der Waals surface area contributed by atoms with E-state index in [0.717, 1.165) is 25.0 Å². The second-order valence-corrected chi connectivity index (χ2v) is 7.36. The zero-order chi connectivity index (χ0) is 19.0. The third-order valence-electron chi connectivity index (χ3n) is 4.90. The second kappa shape index (κ2) is 7.24. The fourth-order valence-corrected chi connectivity index (χ4v) is 3.97. The van der Waals surface area contributed by atoms with E-state index in [0.29, 0.717) is 30.3 Å². The molecule has 6 nitrogen and oxygen atoms in total. The van der Waals surface area contributed by atoms with E-state index in [-0.39, 0.29) is 12.6 Å². The Morgan fingerprint density at radius 3 is 2.96 bits per heavy atom. The smallest absolute Gasteiger partial charge is 0.211 e. The number of halogens is 2. The Morgan fingerprint density at radius 2 is 2.15 bits per heavy atom. The number of hydrogen-bond acceptors (Lipinski definition) is 6. The molecule has 4 rings (SSSR count). The molecule has 1 aromatic rings. The van der Waals surface area contributed by atoms with Crippen molar-refractivity contribution in [1.82, 2.24) is 14.9 Å². The molecule has 0 spiro atoms. The van der Waals surface area contributed by atoms with Gasteiger partial charge in [-0.25, -0.2) is 18.8 Å². The van der Waals surface area contributed by atoms with Crippen LogP contribution in [0.3, 0.4) is 0 Å². The molecule has 0 aliphatic carbocycles. The zero-order valence-electron chi connectivity index (χ0n) is 14.4. The highest BCUT2D eigenvalue weighted by Crippen LogP contribution is 2.35. The van der Waals surface area contributed by atoms with E-state index in [1.54, 1.807) is 5.01 Å². The number of amidine groups is 1. The lowest BCUT2D eigenvalue weighted by Crippen LogP contribution is -2.38. The van der Waals surface area contributed by atoms with Gasteiger partial charge in [-0.05, 0) is 43.2 Å². The molecule has 0 bridgehead atoms. The number of hydrogen-bond donors (Lipinski definition) is 0. The maximum atomic E-state index is 14.2. The van der Waals surface area contributed by atoms with Gasteiger partial charge in [0.15, 0.2) is 0 Å². The Labute approximate surface area is 157 Å². The highest BCUT2D eigenvalue weighted by molar-refractivity contribution is 7.71. The summed E-state index contributed by atoms with van der Waals surface area (Å²) in [5.74, 6) is 0.527. The van der Waals surface area contributed by atoms with Crippen LogP contribution in [0.15, 0.2) is 47.4 Å². The molecule has 0 radical (unpaired) electrons. The number of aliphatic imine (C=N–C) groups is 1. The van der Waals surface area contributed by atoms with E-state index in [2.05, 4.69) is 4.99 Å². The summed E-state index contributed by atoms with van der Waals surface area (Å²) in [4.78, 5) is 6.64. The SMILES string of the molecule is O=S(=O)=CCN1CC=C2N=C(N3CCC[C@@H]3c3cc(F)ccc3F)C=CN21. The fourth-order valence-electron chi connectivity index (χ4n) is 3.68. The van der Waals surface area contributed by atoms with Crippen LogP contribution in [0.5, 0.6) is 0 Å². The lowest BCUT2D eigenvalue weighted by atomic mass is 10.0. The van der Waals surface area contributed by atoms with E-state index >= 15 is 0 Å². The third-order valence-corrected chi connectivity index (χ3v) is 5.32. The molecule has 142 valence electrons. The van der Waals surface area contributed by atoms with Gasteiger partial charge in [0.2, 0.25) is 10.3 Å². The number of benzene rings is 1. The highest BCUT2D eigenvalue weighted by atomic mass is 32.2. The molecule has 27 heavy (non-hydrogen) atoms. The number of rotatable bonds is 3. The van der Waals surface area contributed by atoms with E-state index in [1.807, 2.05) is 28.3 Å². The van der Waals surface area contributed by atoms with Gasteiger partial charge in [-0.3, -0.25) is 5.01 Å². The van der Waals surface area contributed by atoms with Crippen molar-refractivity contribution in [2.24, 2.45) is 4.99 Å². The lowest BCUT2D eigenvalue weighted by molar-refractivity contribution is 0.112. The largest absolute Gasteiger partial charge is 0.349 e. The van der Waals surface area contributed by atoms with Gasteiger partial charge < -0.3 is 4.90 Å². The van der Waals surface area contributed by atoms with Crippen LogP contribution in [0.2, 0.25) is 0 Å². The van der Waals surface area contributed by atoms with Crippen molar-refractivity contribution in [3.8, 4) is 0 Å². The molecule has 3 heterocycles. The van der Waals surface area contributed by atoms with Crippen LogP contribution in [0, 0.1) is 11.6 Å². The summed E-state index contributed by atoms with van der Waals surface area (Å²) in [6.45, 7) is 1.52. The maximum Gasteiger partial charge on any atom is 0.211 e. The predicted molar refractivity (Wildman–Crippen MR) is 98.1 cm³/mol. The number of fused-ring (bicyclic) bond motifs is 1. The molecule has 9 heteroatoms. The van der Waals surface area contributed by atoms with Crippen molar-refractivity contribution in [3.63, 3.8) is 0 Å². The highest BCUT2D eigenvalue weighted by Gasteiger charge is 2.32. The first-order valence-electron chi connectivity index (χ1n) is 8.67. The third kappa shape index (κ3) is 3.52. The summed E-state index contributed by atoms with van der Waals surface area (Å²) in [5.41, 5.74) is 0.348. The Bertz CT molecular complexity index is 979. The number of nitrogens with zero attached hydrogens (tertiary/aromatic N) is 4. The molecule has 0 saturated carbocycles. The van der Waals surface area contributed by atoms with Gasteiger partial charge in [0.05, 0.1) is 18.0 Å². The van der Waals surface area contributed by atoms with Crippen LogP contribution < -0.4 is 0 Å². The first kappa shape index (κ1) is 17.9. The summed E-state index contributed by atoms with van der Waals surface area (Å²) < 4.78 is 49.3. The minimum Gasteiger partial charge on any atom is -0.349 e. The van der Waals surface area contributed by atoms with E-state index in [1.165, 1.54) is 11.4 Å². The number of hydrazine groups is 1. The van der Waals surface area contributed by atoms with Crippen molar-refractivity contribution in [1.29, 1.82) is 0 Å². The van der Waals surface area contributed by atoms with Crippen LogP contribution in [-0.4, -0.2) is 54.2 Å². The van der Waals surface area contributed by atoms with Crippen molar-refractivity contribution in [2.75, 3.05) is 19.6 Å². The van der Waals surface area contributed by atoms with E-state index in [9.17, 15) is 17.2 Å². The Balaban J connectivity index is 1.56. The summed E-state index contributed by atoms with van der Waals surface area (Å²) in [6, 6.07) is 3.28. The van der Waals surface area contributed by atoms with Crippen LogP contribution in [0.1, 0.15) is 24.4 Å². The Kier molecular flexibility index (Phi) is 4.79. The molecule has 1 aromatic carbocycles. The molecule has 3 aliphatic rings. The molecule has 1 saturated heterocycles. The molecule has 0 aromatic heterocycles. The van der Waals surface area contributed by atoms with Gasteiger partial charge in [-0.1, -0.05) is 0 Å². The summed E-state index contributed by atoms with van der Waals surface area (Å²) in [6.07, 6.45) is 7.14. The van der Waals surface area contributed by atoms with E-state index < -0.39 is 21.9 Å². The molecule has 1 fully saturated rings. The average Bonchev–Trinajstić information content (AvgIpc) is 3.28. The average molecular weight is 392 g/mol. The second-order valence-electron chi connectivity index (χ2n) is 6.51. The summed E-state index contributed by atoms with van der Waals surface area (Å²) in [7, 11) is -2.21. The topological polar surface area (TPSA) is 56.2 Å². The van der Waals surface area contributed by atoms with Crippen molar-refractivity contribution in [3.05, 3.63) is 59.6 Å². The van der Waals surface area contributed by atoms with Crippen molar-refractivity contribution < 1.29 is 17.2 Å². The Hall–Kier alpha value is -2.52. The molecular formula is C18H18F2N4O2S. The standard InChI is InChI=1S/C18H18F2N4O2S/c19-13-3-4-15(20)14(12-13)16-2-1-7-23(16)17-6-9-24-18(21-17)5-8-22(24)10-11-27(25)26/h3-6,9,11-12,16H,1-2,7-8,10H2/t16-/m1/s1. The van der Waals surface area contributed by atoms with E-state index in [4.69, 9.17) is 0 Å². The first-order chi connectivity index (χ1) is 13.0. The van der Waals surface area contributed by atoms with Crippen LogP contribution >= 0.6 is 0 Å². The quantitative estimate of drug-likeness (QED) is 0.738. The van der Waals surface area contributed by atoms with Gasteiger partial charge in [0, 0.05) is 24.9 Å². The summed E-state index contributed by atoms with van der Waals surface area (Å²) >= 11 is 0. The molecular weight excluding hydrogens is 374 g/mol. The maximum absolute atomic E-state index is 14.2. The lowest BCUT2D eigenvalue weighted by Gasteiger charge is -2.32. The number of likely N-dealkylation sites (tertiary alicyclic amines) is 1. The summed E-state index contributed by atoms with van der Waals surface area (Å²) in [5, 5.41) is 4.81. The van der Waals surface area contributed by atoms with Crippen LogP contribution in [-0.2, 0) is 10.3 Å². The zero-order valence-corrected chi connectivity index (χ0v) is 15.2. The fraction of sp³-hybridized carbons (Fsp3) is 0.333. The van der Waals surface area contributed by atoms with Crippen molar-refractivity contribution >= 4 is 21.5 Å². The molecule has 3 aliphatic heterocycles. The molecule has 0 unspecified atom stereocenters. The van der Waals surface area contributed by atoms with Gasteiger partial charge in [-0.15, -0.1) is 0 Å². The van der Waals surface area contributed by atoms with Gasteiger partial charge in [-0.2, -0.15) is 8.42 Å². The monoisotopic (exact) mass is 392 g/mol. The minimum atomic E-state index is -2.21. The normalized spacial score (nSPS) is 21.9. The van der Waals surface area contributed by atoms with Gasteiger partial charge >= 0.3 is 0 Å². The van der Waals surface area contributed by atoms with Gasteiger partial charge in [0.25, 0.3) is 0 Å². The van der Waals surface area contributed by atoms with Crippen LogP contribution in [0.25, 0.3) is 0 Å². The Morgan fingerprint density at radius 1 is 1.30 bits per heavy atom. The molecule has 1 atom stereocenters.